The van der Waals surface area contributed by atoms with Crippen molar-refractivity contribution in [2.75, 3.05) is 17.3 Å². The number of rotatable bonds is 9. The van der Waals surface area contributed by atoms with Crippen LogP contribution in [0.2, 0.25) is 0 Å². The number of nitrogen functional groups attached to an aromatic ring is 1. The minimum absolute atomic E-state index is 0.287. The Kier molecular flexibility index (Phi) is 6.88. The van der Waals surface area contributed by atoms with Crippen molar-refractivity contribution in [2.45, 2.75) is 52.5 Å². The van der Waals surface area contributed by atoms with Gasteiger partial charge >= 0.3 is 6.01 Å². The summed E-state index contributed by atoms with van der Waals surface area (Å²) in [6.45, 7) is 6.86. The summed E-state index contributed by atoms with van der Waals surface area (Å²) in [5.74, 6) is 6.12. The lowest BCUT2D eigenvalue weighted by Gasteiger charge is -2.14. The molecule has 4 N–H and O–H groups in total. The van der Waals surface area contributed by atoms with Gasteiger partial charge in [-0.15, -0.1) is 0 Å². The van der Waals surface area contributed by atoms with Gasteiger partial charge in [0.15, 0.2) is 0 Å². The van der Waals surface area contributed by atoms with Gasteiger partial charge in [-0.1, -0.05) is 26.7 Å². The van der Waals surface area contributed by atoms with E-state index in [0.717, 1.165) is 12.8 Å². The molecular formula is C12H24N6O. The smallest absolute Gasteiger partial charge is 0.323 e. The van der Waals surface area contributed by atoms with E-state index in [4.69, 9.17) is 10.6 Å². The summed E-state index contributed by atoms with van der Waals surface area (Å²) < 4.78 is 5.40. The Morgan fingerprint density at radius 1 is 1.16 bits per heavy atom. The highest BCUT2D eigenvalue weighted by Gasteiger charge is 2.09. The molecule has 0 radical (unpaired) electrons. The Labute approximate surface area is 114 Å². The van der Waals surface area contributed by atoms with Gasteiger partial charge in [0.2, 0.25) is 11.9 Å². The van der Waals surface area contributed by atoms with Crippen LogP contribution in [0.3, 0.4) is 0 Å². The van der Waals surface area contributed by atoms with Crippen LogP contribution in [0.1, 0.15) is 46.5 Å². The Bertz CT molecular complexity index is 373. The van der Waals surface area contributed by atoms with E-state index in [1.54, 1.807) is 0 Å². The third-order valence-electron chi connectivity index (χ3n) is 2.55. The zero-order valence-corrected chi connectivity index (χ0v) is 11.9. The third-order valence-corrected chi connectivity index (χ3v) is 2.55. The normalized spacial score (nSPS) is 12.0. The van der Waals surface area contributed by atoms with Crippen molar-refractivity contribution in [1.29, 1.82) is 0 Å². The molecule has 108 valence electrons. The lowest BCUT2D eigenvalue weighted by molar-refractivity contribution is 0.292. The number of aromatic nitrogens is 3. The molecule has 0 fully saturated rings. The van der Waals surface area contributed by atoms with E-state index in [1.165, 1.54) is 12.8 Å². The van der Waals surface area contributed by atoms with E-state index < -0.39 is 0 Å². The molecule has 1 unspecified atom stereocenters. The van der Waals surface area contributed by atoms with E-state index in [-0.39, 0.29) is 6.01 Å². The molecule has 0 amide bonds. The first-order chi connectivity index (χ1) is 9.19. The third kappa shape index (κ3) is 5.69. The number of hydrogen-bond donors (Lipinski definition) is 3. The maximum atomic E-state index is 5.40. The molecule has 0 aliphatic heterocycles. The zero-order chi connectivity index (χ0) is 14.1. The molecule has 0 aliphatic rings. The first-order valence-corrected chi connectivity index (χ1v) is 6.81. The van der Waals surface area contributed by atoms with Crippen molar-refractivity contribution in [3.05, 3.63) is 0 Å². The Hall–Kier alpha value is -1.63. The topological polar surface area (TPSA) is 98.0 Å². The van der Waals surface area contributed by atoms with Crippen molar-refractivity contribution < 1.29 is 4.74 Å². The highest BCUT2D eigenvalue weighted by molar-refractivity contribution is 5.35. The fourth-order valence-corrected chi connectivity index (χ4v) is 1.55. The minimum atomic E-state index is 0.287. The van der Waals surface area contributed by atoms with Gasteiger partial charge in [-0.3, -0.25) is 5.43 Å². The van der Waals surface area contributed by atoms with Crippen LogP contribution in [0.25, 0.3) is 0 Å². The number of nitrogens with two attached hydrogens (primary N) is 1. The maximum absolute atomic E-state index is 5.40. The molecule has 0 aliphatic carbocycles. The predicted octanol–water partition coefficient (Wildman–Crippen LogP) is 1.94. The summed E-state index contributed by atoms with van der Waals surface area (Å²) in [6, 6.07) is 0.585. The number of hydrogen-bond acceptors (Lipinski definition) is 7. The molecule has 0 aromatic carbocycles. The van der Waals surface area contributed by atoms with Crippen molar-refractivity contribution in [3.8, 4) is 6.01 Å². The number of hydrazine groups is 1. The lowest BCUT2D eigenvalue weighted by atomic mass is 10.1. The molecule has 1 aromatic rings. The van der Waals surface area contributed by atoms with E-state index in [1.807, 2.05) is 6.92 Å². The number of nitrogens with one attached hydrogen (secondary N) is 2. The fraction of sp³-hybridized carbons (Fsp3) is 0.750. The van der Waals surface area contributed by atoms with Crippen LogP contribution in [0.5, 0.6) is 6.01 Å². The molecule has 7 nitrogen and oxygen atoms in total. The van der Waals surface area contributed by atoms with Crippen molar-refractivity contribution in [2.24, 2.45) is 5.84 Å². The highest BCUT2D eigenvalue weighted by Crippen LogP contribution is 2.13. The van der Waals surface area contributed by atoms with Gasteiger partial charge in [-0.05, 0) is 19.8 Å². The second-order valence-corrected chi connectivity index (χ2v) is 4.45. The monoisotopic (exact) mass is 268 g/mol. The van der Waals surface area contributed by atoms with E-state index >= 15 is 0 Å². The highest BCUT2D eigenvalue weighted by atomic mass is 16.5. The van der Waals surface area contributed by atoms with Crippen molar-refractivity contribution in [3.63, 3.8) is 0 Å². The largest absolute Gasteiger partial charge is 0.463 e. The summed E-state index contributed by atoms with van der Waals surface area (Å²) in [4.78, 5) is 12.4. The van der Waals surface area contributed by atoms with Crippen LogP contribution in [-0.4, -0.2) is 27.6 Å². The molecular weight excluding hydrogens is 244 g/mol. The molecule has 1 aromatic heterocycles. The Morgan fingerprint density at radius 3 is 2.53 bits per heavy atom. The number of anilines is 2. The Balaban J connectivity index is 2.69. The molecule has 7 heteroatoms. The summed E-state index contributed by atoms with van der Waals surface area (Å²) in [5.41, 5.74) is 2.42. The lowest BCUT2D eigenvalue weighted by Crippen LogP contribution is -2.19. The summed E-state index contributed by atoms with van der Waals surface area (Å²) in [5, 5.41) is 3.23. The summed E-state index contributed by atoms with van der Waals surface area (Å²) in [6.07, 6.45) is 4.30. The molecule has 1 atom stereocenters. The van der Waals surface area contributed by atoms with Crippen LogP contribution < -0.4 is 21.3 Å². The molecule has 0 spiro atoms. The molecule has 19 heavy (non-hydrogen) atoms. The minimum Gasteiger partial charge on any atom is -0.463 e. The molecule has 0 bridgehead atoms. The number of unbranched alkanes of at least 4 members (excludes halogenated alkanes) is 1. The number of ether oxygens (including phenoxy) is 1. The summed E-state index contributed by atoms with van der Waals surface area (Å²) in [7, 11) is 0. The second-order valence-electron chi connectivity index (χ2n) is 4.45. The standard InChI is InChI=1S/C12H24N6O/c1-4-6-7-9(3)14-10-15-11(18-13)17-12(16-10)19-8-5-2/h9H,4-8,13H2,1-3H3,(H2,14,15,16,17,18). The number of nitrogens with zero attached hydrogens (tertiary/aromatic N) is 3. The molecule has 1 rings (SSSR count). The van der Waals surface area contributed by atoms with Crippen LogP contribution >= 0.6 is 0 Å². The molecule has 0 saturated heterocycles. The van der Waals surface area contributed by atoms with Gasteiger partial charge in [0.25, 0.3) is 0 Å². The second kappa shape index (κ2) is 8.47. The van der Waals surface area contributed by atoms with Gasteiger partial charge < -0.3 is 10.1 Å². The van der Waals surface area contributed by atoms with Gasteiger partial charge in [-0.2, -0.15) is 15.0 Å². The van der Waals surface area contributed by atoms with Gasteiger partial charge in [0, 0.05) is 6.04 Å². The van der Waals surface area contributed by atoms with Crippen LogP contribution in [0.15, 0.2) is 0 Å². The van der Waals surface area contributed by atoms with E-state index in [9.17, 15) is 0 Å². The van der Waals surface area contributed by atoms with Gasteiger partial charge in [-0.25, -0.2) is 5.84 Å². The average Bonchev–Trinajstić information content (AvgIpc) is 2.42. The maximum Gasteiger partial charge on any atom is 0.323 e. The average molecular weight is 268 g/mol. The molecule has 0 saturated carbocycles. The fourth-order valence-electron chi connectivity index (χ4n) is 1.55. The zero-order valence-electron chi connectivity index (χ0n) is 11.9. The van der Waals surface area contributed by atoms with Crippen molar-refractivity contribution in [1.82, 2.24) is 15.0 Å². The van der Waals surface area contributed by atoms with E-state index in [0.29, 0.717) is 24.5 Å². The van der Waals surface area contributed by atoms with E-state index in [2.05, 4.69) is 39.5 Å². The Morgan fingerprint density at radius 2 is 1.89 bits per heavy atom. The first kappa shape index (κ1) is 15.4. The van der Waals surface area contributed by atoms with Crippen molar-refractivity contribution >= 4 is 11.9 Å². The van der Waals surface area contributed by atoms with Crippen LogP contribution in [0, 0.1) is 0 Å². The SMILES string of the molecule is CCCCC(C)Nc1nc(NN)nc(OCCC)n1. The van der Waals surface area contributed by atoms with Gasteiger partial charge in [0.05, 0.1) is 6.61 Å². The van der Waals surface area contributed by atoms with Crippen LogP contribution in [-0.2, 0) is 0 Å². The van der Waals surface area contributed by atoms with Crippen LogP contribution in [0.4, 0.5) is 11.9 Å². The first-order valence-electron chi connectivity index (χ1n) is 6.81. The molecule has 1 heterocycles. The quantitative estimate of drug-likeness (QED) is 0.465. The van der Waals surface area contributed by atoms with Gasteiger partial charge in [0.1, 0.15) is 0 Å². The summed E-state index contributed by atoms with van der Waals surface area (Å²) >= 11 is 0. The predicted molar refractivity (Wildman–Crippen MR) is 76.0 cm³/mol.